The van der Waals surface area contributed by atoms with Crippen LogP contribution in [0.2, 0.25) is 0 Å². The molecule has 0 atom stereocenters. The minimum absolute atomic E-state index is 0.582. The molecule has 0 saturated heterocycles. The van der Waals surface area contributed by atoms with Gasteiger partial charge in [0.25, 0.3) is 5.89 Å². The molecule has 0 aliphatic heterocycles. The zero-order valence-corrected chi connectivity index (χ0v) is 11.2. The van der Waals surface area contributed by atoms with Gasteiger partial charge in [0.15, 0.2) is 5.82 Å². The molecule has 2 heterocycles. The van der Waals surface area contributed by atoms with Gasteiger partial charge in [-0.3, -0.25) is 0 Å². The van der Waals surface area contributed by atoms with Crippen molar-refractivity contribution in [3.05, 3.63) is 21.2 Å². The van der Waals surface area contributed by atoms with Crippen molar-refractivity contribution < 1.29 is 4.52 Å². The molecular formula is C8H6Br2N2OS. The van der Waals surface area contributed by atoms with E-state index in [-0.39, 0.29) is 0 Å². The number of halogens is 2. The van der Waals surface area contributed by atoms with Gasteiger partial charge in [0.1, 0.15) is 0 Å². The molecule has 0 N–H and O–H groups in total. The van der Waals surface area contributed by atoms with Crippen molar-refractivity contribution in [2.24, 2.45) is 0 Å². The van der Waals surface area contributed by atoms with Crippen LogP contribution >= 0.6 is 43.2 Å². The molecule has 0 aliphatic carbocycles. The summed E-state index contributed by atoms with van der Waals surface area (Å²) in [5.41, 5.74) is 1.18. The maximum Gasteiger partial charge on any atom is 0.268 e. The number of hydrogen-bond donors (Lipinski definition) is 0. The normalized spacial score (nSPS) is 10.8. The maximum absolute atomic E-state index is 5.11. The van der Waals surface area contributed by atoms with Crippen LogP contribution in [-0.4, -0.2) is 10.1 Å². The van der Waals surface area contributed by atoms with Gasteiger partial charge in [-0.1, -0.05) is 21.1 Å². The third kappa shape index (κ3) is 1.92. The summed E-state index contributed by atoms with van der Waals surface area (Å²) in [6, 6.07) is 2.03. The van der Waals surface area contributed by atoms with Gasteiger partial charge in [0.05, 0.1) is 14.0 Å². The van der Waals surface area contributed by atoms with E-state index in [1.165, 1.54) is 5.56 Å². The van der Waals surface area contributed by atoms with Crippen molar-refractivity contribution in [1.29, 1.82) is 0 Å². The fraction of sp³-hybridized carbons (Fsp3) is 0.250. The summed E-state index contributed by atoms with van der Waals surface area (Å²) < 4.78 is 6.21. The molecule has 0 fully saturated rings. The number of aryl methyl sites for hydroxylation is 1. The van der Waals surface area contributed by atoms with E-state index in [9.17, 15) is 0 Å². The summed E-state index contributed by atoms with van der Waals surface area (Å²) in [5.74, 6) is 1.25. The average Bonchev–Trinajstić information content (AvgIpc) is 2.74. The van der Waals surface area contributed by atoms with Crippen molar-refractivity contribution >= 4 is 43.2 Å². The largest absolute Gasteiger partial charge is 0.333 e. The molecule has 2 aromatic heterocycles. The first-order chi connectivity index (χ1) is 6.70. The topological polar surface area (TPSA) is 38.9 Å². The van der Waals surface area contributed by atoms with Crippen LogP contribution in [0.15, 0.2) is 14.4 Å². The quantitative estimate of drug-likeness (QED) is 0.783. The molecule has 0 unspecified atom stereocenters. The number of thiophene rings is 1. The molecule has 0 radical (unpaired) electrons. The van der Waals surface area contributed by atoms with Gasteiger partial charge < -0.3 is 4.52 Å². The van der Waals surface area contributed by atoms with Gasteiger partial charge in [-0.25, -0.2) is 0 Å². The summed E-state index contributed by atoms with van der Waals surface area (Å²) in [7, 11) is 0. The molecule has 0 spiro atoms. The highest BCUT2D eigenvalue weighted by Crippen LogP contribution is 2.33. The maximum atomic E-state index is 5.11. The van der Waals surface area contributed by atoms with E-state index >= 15 is 0 Å². The Morgan fingerprint density at radius 1 is 1.57 bits per heavy atom. The summed E-state index contributed by atoms with van der Waals surface area (Å²) in [4.78, 5) is 5.21. The minimum Gasteiger partial charge on any atom is -0.333 e. The predicted octanol–water partition coefficient (Wildman–Crippen LogP) is 3.76. The summed E-state index contributed by atoms with van der Waals surface area (Å²) >= 11 is 8.33. The number of aromatic nitrogens is 2. The molecule has 0 aliphatic rings. The van der Waals surface area contributed by atoms with Gasteiger partial charge in [-0.2, -0.15) is 4.98 Å². The zero-order chi connectivity index (χ0) is 10.1. The molecule has 2 rings (SSSR count). The van der Waals surface area contributed by atoms with Crippen LogP contribution in [0.4, 0.5) is 0 Å². The molecule has 14 heavy (non-hydrogen) atoms. The Bertz CT molecular complexity index is 432. The van der Waals surface area contributed by atoms with Crippen molar-refractivity contribution in [2.75, 3.05) is 0 Å². The van der Waals surface area contributed by atoms with Crippen LogP contribution in [-0.2, 0) is 5.33 Å². The van der Waals surface area contributed by atoms with E-state index in [1.807, 2.05) is 13.0 Å². The Labute approximate surface area is 102 Å². The molecule has 6 heteroatoms. The van der Waals surface area contributed by atoms with Crippen molar-refractivity contribution in [1.82, 2.24) is 10.1 Å². The first-order valence-electron chi connectivity index (χ1n) is 3.85. The van der Waals surface area contributed by atoms with Crippen LogP contribution in [0.5, 0.6) is 0 Å². The van der Waals surface area contributed by atoms with E-state index in [0.29, 0.717) is 17.0 Å². The number of alkyl halides is 1. The lowest BCUT2D eigenvalue weighted by molar-refractivity contribution is 0.426. The first kappa shape index (κ1) is 10.3. The lowest BCUT2D eigenvalue weighted by Crippen LogP contribution is -1.78. The van der Waals surface area contributed by atoms with Gasteiger partial charge >= 0.3 is 0 Å². The third-order valence-electron chi connectivity index (χ3n) is 1.66. The van der Waals surface area contributed by atoms with E-state index in [4.69, 9.17) is 4.52 Å². The highest BCUT2D eigenvalue weighted by atomic mass is 79.9. The smallest absolute Gasteiger partial charge is 0.268 e. The van der Waals surface area contributed by atoms with E-state index in [0.717, 1.165) is 8.66 Å². The lowest BCUT2D eigenvalue weighted by atomic mass is 10.3. The Hall–Kier alpha value is -0.200. The van der Waals surface area contributed by atoms with E-state index in [2.05, 4.69) is 42.0 Å². The fourth-order valence-corrected chi connectivity index (χ4v) is 2.66. The van der Waals surface area contributed by atoms with E-state index < -0.39 is 0 Å². The number of hydrogen-bond acceptors (Lipinski definition) is 4. The number of nitrogens with zero attached hydrogens (tertiary/aromatic N) is 2. The molecule has 0 amide bonds. The summed E-state index contributed by atoms with van der Waals surface area (Å²) in [6.07, 6.45) is 0. The van der Waals surface area contributed by atoms with Gasteiger partial charge in [-0.15, -0.1) is 11.3 Å². The van der Waals surface area contributed by atoms with Gasteiger partial charge in [0.2, 0.25) is 0 Å². The average molecular weight is 338 g/mol. The Balaban J connectivity index is 2.39. The van der Waals surface area contributed by atoms with Crippen LogP contribution in [0, 0.1) is 6.92 Å². The summed E-state index contributed by atoms with van der Waals surface area (Å²) in [5, 5.41) is 4.42. The highest BCUT2D eigenvalue weighted by molar-refractivity contribution is 9.11. The van der Waals surface area contributed by atoms with Crippen LogP contribution < -0.4 is 0 Å². The molecular weight excluding hydrogens is 332 g/mol. The fourth-order valence-electron chi connectivity index (χ4n) is 0.974. The predicted molar refractivity (Wildman–Crippen MR) is 62.7 cm³/mol. The van der Waals surface area contributed by atoms with Crippen LogP contribution in [0.3, 0.4) is 0 Å². The van der Waals surface area contributed by atoms with Crippen LogP contribution in [0.25, 0.3) is 10.8 Å². The highest BCUT2D eigenvalue weighted by Gasteiger charge is 2.11. The van der Waals surface area contributed by atoms with Crippen LogP contribution in [0.1, 0.15) is 11.4 Å². The van der Waals surface area contributed by atoms with Gasteiger partial charge in [-0.05, 0) is 34.5 Å². The van der Waals surface area contributed by atoms with Crippen molar-refractivity contribution in [2.45, 2.75) is 12.3 Å². The Morgan fingerprint density at radius 2 is 2.36 bits per heavy atom. The number of rotatable bonds is 2. The van der Waals surface area contributed by atoms with Crippen molar-refractivity contribution in [3.63, 3.8) is 0 Å². The van der Waals surface area contributed by atoms with E-state index in [1.54, 1.807) is 11.3 Å². The third-order valence-corrected chi connectivity index (χ3v) is 4.28. The standard InChI is InChI=1S/C8H6Br2N2OS/c1-4-2-5(14-7(4)10)8-11-6(3-9)12-13-8/h2H,3H2,1H3. The molecule has 3 nitrogen and oxygen atoms in total. The first-order valence-corrected chi connectivity index (χ1v) is 6.58. The Kier molecular flexibility index (Phi) is 3.04. The molecule has 0 saturated carbocycles. The lowest BCUT2D eigenvalue weighted by Gasteiger charge is -1.82. The molecule has 0 bridgehead atoms. The molecule has 74 valence electrons. The second kappa shape index (κ2) is 4.12. The molecule has 0 aromatic carbocycles. The van der Waals surface area contributed by atoms with Gasteiger partial charge in [0, 0.05) is 0 Å². The zero-order valence-electron chi connectivity index (χ0n) is 7.25. The van der Waals surface area contributed by atoms with Crippen molar-refractivity contribution in [3.8, 4) is 10.8 Å². The monoisotopic (exact) mass is 336 g/mol. The summed E-state index contributed by atoms with van der Waals surface area (Å²) in [6.45, 7) is 2.03. The Morgan fingerprint density at radius 3 is 2.86 bits per heavy atom. The second-order valence-corrected chi connectivity index (χ2v) is 5.65. The minimum atomic E-state index is 0.582. The SMILES string of the molecule is Cc1cc(-c2nc(CBr)no2)sc1Br. The second-order valence-electron chi connectivity index (χ2n) is 2.72. The molecule has 2 aromatic rings.